The van der Waals surface area contributed by atoms with Gasteiger partial charge in [-0.15, -0.1) is 8.42 Å². The molecular weight excluding hydrogens is 512 g/mol. The summed E-state index contributed by atoms with van der Waals surface area (Å²) in [5.41, 5.74) is 0.382. The van der Waals surface area contributed by atoms with Crippen molar-refractivity contribution in [3.8, 4) is 0 Å². The van der Waals surface area contributed by atoms with E-state index in [0.29, 0.717) is 12.8 Å². The molecule has 6 nitrogen and oxygen atoms in total. The quantitative estimate of drug-likeness (QED) is 0.0962. The van der Waals surface area contributed by atoms with Gasteiger partial charge in [-0.3, -0.25) is 0 Å². The van der Waals surface area contributed by atoms with Crippen LogP contribution in [0.25, 0.3) is 0 Å². The fourth-order valence-electron chi connectivity index (χ4n) is 5.34. The smallest absolute Gasteiger partial charge is 0.312 e. The van der Waals surface area contributed by atoms with E-state index >= 15 is 0 Å². The lowest BCUT2D eigenvalue weighted by molar-refractivity contribution is -0.131. The first-order valence-electron chi connectivity index (χ1n) is 16.4. The van der Waals surface area contributed by atoms with Crippen molar-refractivity contribution in [3.05, 3.63) is 11.1 Å². The molecule has 0 aromatic rings. The number of hydrogen-bond donors (Lipinski definition) is 0. The highest BCUT2D eigenvalue weighted by molar-refractivity contribution is 7.82. The topological polar surface area (TPSA) is 86.7 Å². The minimum absolute atomic E-state index is 0.191. The molecule has 1 aliphatic heterocycles. The van der Waals surface area contributed by atoms with Gasteiger partial charge in [-0.1, -0.05) is 155 Å². The summed E-state index contributed by atoms with van der Waals surface area (Å²) in [5, 5.41) is 0. The third-order valence-electron chi connectivity index (χ3n) is 7.77. The van der Waals surface area contributed by atoms with Gasteiger partial charge in [0.05, 0.1) is 0 Å². The predicted octanol–water partition coefficient (Wildman–Crippen LogP) is 9.81. The van der Waals surface area contributed by atoms with Gasteiger partial charge in [-0.05, 0) is 25.7 Å². The lowest BCUT2D eigenvalue weighted by Crippen LogP contribution is -2.15. The number of rotatable bonds is 26. The Balaban J connectivity index is 2.34. The lowest BCUT2D eigenvalue weighted by Gasteiger charge is -2.09. The van der Waals surface area contributed by atoms with Crippen LogP contribution in [-0.2, 0) is 28.4 Å². The largest absolute Gasteiger partial charge is 0.506 e. The van der Waals surface area contributed by atoms with Crippen LogP contribution in [0.2, 0.25) is 0 Å². The Kier molecular flexibility index (Phi) is 21.3. The van der Waals surface area contributed by atoms with Gasteiger partial charge in [-0.2, -0.15) is 0 Å². The van der Waals surface area contributed by atoms with Crippen molar-refractivity contribution < 1.29 is 26.4 Å². The number of carbonyl (C=O) groups is 2. The second-order valence-electron chi connectivity index (χ2n) is 11.4. The summed E-state index contributed by atoms with van der Waals surface area (Å²) in [5.74, 6) is -1.89. The molecule has 0 amide bonds. The van der Waals surface area contributed by atoms with Crippen molar-refractivity contribution in [2.75, 3.05) is 0 Å². The van der Waals surface area contributed by atoms with E-state index in [1.807, 2.05) is 0 Å². The van der Waals surface area contributed by atoms with Gasteiger partial charge in [-0.25, -0.2) is 9.59 Å². The highest BCUT2D eigenvalue weighted by Gasteiger charge is 2.34. The third kappa shape index (κ3) is 18.6. The maximum Gasteiger partial charge on any atom is 0.506 e. The summed E-state index contributed by atoms with van der Waals surface area (Å²) in [6.45, 7) is 4.48. The molecule has 1 aliphatic rings. The van der Waals surface area contributed by atoms with Crippen LogP contribution < -0.4 is 0 Å². The molecule has 39 heavy (non-hydrogen) atoms. The molecule has 0 aliphatic carbocycles. The zero-order valence-electron chi connectivity index (χ0n) is 25.2. The monoisotopic (exact) mass is 570 g/mol. The van der Waals surface area contributed by atoms with Crippen molar-refractivity contribution in [3.63, 3.8) is 0 Å². The highest BCUT2D eigenvalue weighted by atomic mass is 32.3. The van der Waals surface area contributed by atoms with E-state index in [1.54, 1.807) is 0 Å². The molecule has 0 spiro atoms. The van der Waals surface area contributed by atoms with E-state index in [1.165, 1.54) is 116 Å². The Labute approximate surface area is 240 Å². The molecule has 0 N–H and O–H groups in total. The first-order valence-corrected chi connectivity index (χ1v) is 17.7. The molecule has 0 atom stereocenters. The fourth-order valence-corrected chi connectivity index (χ4v) is 5.95. The number of hydrogen-bond acceptors (Lipinski definition) is 6. The first-order chi connectivity index (χ1) is 18.9. The van der Waals surface area contributed by atoms with E-state index in [0.717, 1.165) is 38.5 Å². The molecule has 0 radical (unpaired) electrons. The van der Waals surface area contributed by atoms with E-state index in [9.17, 15) is 18.0 Å². The molecule has 1 heterocycles. The van der Waals surface area contributed by atoms with Crippen LogP contribution in [0.3, 0.4) is 0 Å². The lowest BCUT2D eigenvalue weighted by atomic mass is 9.96. The van der Waals surface area contributed by atoms with Gasteiger partial charge in [0.15, 0.2) is 0 Å². The summed E-state index contributed by atoms with van der Waals surface area (Å²) in [4.78, 5) is 25.1. The molecule has 0 saturated carbocycles. The van der Waals surface area contributed by atoms with Crippen LogP contribution in [0.15, 0.2) is 11.1 Å². The Morgan fingerprint density at radius 2 is 0.641 bits per heavy atom. The van der Waals surface area contributed by atoms with Gasteiger partial charge in [0.2, 0.25) is 0 Å². The summed E-state index contributed by atoms with van der Waals surface area (Å²) in [6.07, 6.45) is 29.5. The SMILES string of the molecule is CCCCCCCCCCCCCCC1=C(CCCCCCCCCCCCCC)C(=O)OS(=O)(=O)OC1=O. The van der Waals surface area contributed by atoms with Crippen molar-refractivity contribution >= 4 is 22.3 Å². The highest BCUT2D eigenvalue weighted by Crippen LogP contribution is 2.27. The van der Waals surface area contributed by atoms with Crippen molar-refractivity contribution in [1.29, 1.82) is 0 Å². The van der Waals surface area contributed by atoms with Crippen LogP contribution in [0.1, 0.15) is 181 Å². The molecule has 0 fully saturated rings. The zero-order valence-corrected chi connectivity index (χ0v) is 26.1. The summed E-state index contributed by atoms with van der Waals surface area (Å²) in [6, 6.07) is 0. The molecule has 1 rings (SSSR count). The standard InChI is InChI=1S/C32H58O6S/c1-3-5-7-9-11-13-15-17-19-21-23-25-27-29-30(32(34)38-39(35,36)37-31(29)33)28-26-24-22-20-18-16-14-12-10-8-6-4-2/h3-28H2,1-2H3. The maximum atomic E-state index is 12.5. The zero-order chi connectivity index (χ0) is 28.6. The van der Waals surface area contributed by atoms with Gasteiger partial charge in [0.25, 0.3) is 0 Å². The second kappa shape index (κ2) is 23.3. The Bertz CT molecular complexity index is 728. The molecule has 0 unspecified atom stereocenters. The average Bonchev–Trinajstić information content (AvgIpc) is 2.97. The molecule has 0 bridgehead atoms. The first kappa shape index (κ1) is 35.7. The second-order valence-corrected chi connectivity index (χ2v) is 12.5. The summed E-state index contributed by atoms with van der Waals surface area (Å²) >= 11 is 0. The van der Waals surface area contributed by atoms with Crippen LogP contribution >= 0.6 is 0 Å². The fraction of sp³-hybridized carbons (Fsp3) is 0.875. The number of carbonyl (C=O) groups excluding carboxylic acids is 2. The minimum Gasteiger partial charge on any atom is -0.312 e. The van der Waals surface area contributed by atoms with Gasteiger partial charge in [0, 0.05) is 11.1 Å². The molecule has 0 aromatic heterocycles. The normalized spacial score (nSPS) is 15.3. The van der Waals surface area contributed by atoms with E-state index in [2.05, 4.69) is 22.2 Å². The molecule has 228 valence electrons. The average molecular weight is 571 g/mol. The van der Waals surface area contributed by atoms with E-state index < -0.39 is 22.3 Å². The Morgan fingerprint density at radius 1 is 0.410 bits per heavy atom. The van der Waals surface area contributed by atoms with Crippen molar-refractivity contribution in [2.45, 2.75) is 181 Å². The molecular formula is C32H58O6S. The van der Waals surface area contributed by atoms with Gasteiger partial charge >= 0.3 is 22.3 Å². The predicted molar refractivity (Wildman–Crippen MR) is 160 cm³/mol. The van der Waals surface area contributed by atoms with Crippen LogP contribution in [0.5, 0.6) is 0 Å². The molecule has 0 aromatic carbocycles. The van der Waals surface area contributed by atoms with E-state index in [-0.39, 0.29) is 11.1 Å². The summed E-state index contributed by atoms with van der Waals surface area (Å²) in [7, 11) is -4.64. The van der Waals surface area contributed by atoms with Crippen molar-refractivity contribution in [2.24, 2.45) is 0 Å². The van der Waals surface area contributed by atoms with Crippen LogP contribution in [0, 0.1) is 0 Å². The van der Waals surface area contributed by atoms with Crippen LogP contribution in [0.4, 0.5) is 0 Å². The maximum absolute atomic E-state index is 12.5. The van der Waals surface area contributed by atoms with E-state index in [4.69, 9.17) is 0 Å². The van der Waals surface area contributed by atoms with Crippen molar-refractivity contribution in [1.82, 2.24) is 0 Å². The summed E-state index contributed by atoms with van der Waals surface area (Å²) < 4.78 is 32.7. The molecule has 0 saturated heterocycles. The van der Waals surface area contributed by atoms with Gasteiger partial charge < -0.3 is 8.37 Å². The third-order valence-corrected chi connectivity index (χ3v) is 8.48. The van der Waals surface area contributed by atoms with Crippen LogP contribution in [-0.4, -0.2) is 20.4 Å². The minimum atomic E-state index is -4.64. The number of unbranched alkanes of at least 4 members (excludes halogenated alkanes) is 22. The Hall–Kier alpha value is -1.37. The van der Waals surface area contributed by atoms with Gasteiger partial charge in [0.1, 0.15) is 0 Å². The molecule has 7 heteroatoms. The Morgan fingerprint density at radius 3 is 0.897 bits per heavy atom.